The minimum Gasteiger partial charge on any atom is -0.357 e. The Labute approximate surface area is 381 Å². The standard InChI is InChI=1S/C43H61Cl2F4N7O8/c1-8-30(51-37(59)34-22-28(46)23-56(34)41(63)42(43(47,48)49)16-10-12-18-64-42)39(61)54(6)32-13-9-11-17-53(5)38(60)25(4)50-36(58)33(21-26-20-27(44)14-15-29(26)45)55(7)40(62)31(19-24(2)3)52-35(32)57/h14-15,20,24-25,28,30-34H,8-13,16-19,21-23H2,1-7H3,(H,50,58)(H,51,59)(H,52,57)/t25-,28-,30+,31+,32+,33+,34+,42?/m1/s1. The van der Waals surface area contributed by atoms with Crippen LogP contribution in [0.15, 0.2) is 18.2 Å². The van der Waals surface area contributed by atoms with E-state index in [2.05, 4.69) is 16.0 Å². The Morgan fingerprint density at radius 3 is 2.31 bits per heavy atom. The molecule has 3 aliphatic rings. The van der Waals surface area contributed by atoms with Crippen molar-refractivity contribution in [3.63, 3.8) is 0 Å². The summed E-state index contributed by atoms with van der Waals surface area (Å²) in [5.74, 6) is -6.02. The molecule has 8 atom stereocenters. The molecule has 0 radical (unpaired) electrons. The van der Waals surface area contributed by atoms with Crippen LogP contribution in [0.2, 0.25) is 10.0 Å². The van der Waals surface area contributed by atoms with Crippen molar-refractivity contribution >= 4 is 64.6 Å². The molecule has 4 rings (SSSR count). The van der Waals surface area contributed by atoms with Gasteiger partial charge in [-0.05, 0) is 88.0 Å². The molecule has 3 saturated heterocycles. The smallest absolute Gasteiger partial charge is 0.357 e. The highest BCUT2D eigenvalue weighted by molar-refractivity contribution is 6.33. The van der Waals surface area contributed by atoms with Crippen LogP contribution in [0, 0.1) is 5.92 Å². The van der Waals surface area contributed by atoms with E-state index in [1.807, 2.05) is 13.8 Å². The zero-order valence-electron chi connectivity index (χ0n) is 37.4. The third-order valence-electron chi connectivity index (χ3n) is 12.2. The number of likely N-dealkylation sites (tertiary alicyclic amines) is 1. The first-order chi connectivity index (χ1) is 29.9. The first-order valence-corrected chi connectivity index (χ1v) is 22.5. The number of carbonyl (C=O) groups excluding carboxylic acids is 7. The van der Waals surface area contributed by atoms with Gasteiger partial charge in [-0.1, -0.05) is 44.0 Å². The maximum atomic E-state index is 14.9. The Morgan fingerprint density at radius 1 is 1.02 bits per heavy atom. The number of hydrogen-bond donors (Lipinski definition) is 3. The van der Waals surface area contributed by atoms with Gasteiger partial charge in [-0.3, -0.25) is 33.6 Å². The molecule has 3 N–H and O–H groups in total. The van der Waals surface area contributed by atoms with E-state index in [0.717, 1.165) is 4.90 Å². The van der Waals surface area contributed by atoms with Crippen LogP contribution in [0.5, 0.6) is 0 Å². The molecule has 15 nitrogen and oxygen atoms in total. The zero-order valence-corrected chi connectivity index (χ0v) is 38.9. The summed E-state index contributed by atoms with van der Waals surface area (Å²) in [7, 11) is 4.27. The van der Waals surface area contributed by atoms with Crippen molar-refractivity contribution in [2.24, 2.45) is 5.92 Å². The molecule has 1 aromatic carbocycles. The molecule has 358 valence electrons. The number of benzene rings is 1. The zero-order chi connectivity index (χ0) is 47.8. The second-order valence-electron chi connectivity index (χ2n) is 17.5. The van der Waals surface area contributed by atoms with Gasteiger partial charge in [-0.25, -0.2) is 4.39 Å². The summed E-state index contributed by atoms with van der Waals surface area (Å²) in [6, 6.07) is -3.06. The average molecular weight is 951 g/mol. The van der Waals surface area contributed by atoms with Crippen molar-refractivity contribution in [3.8, 4) is 0 Å². The summed E-state index contributed by atoms with van der Waals surface area (Å²) in [6.07, 6.45) is -7.33. The van der Waals surface area contributed by atoms with Crippen molar-refractivity contribution in [2.45, 2.75) is 146 Å². The SMILES string of the molecule is CC[C@H](NC(=O)[C@@H]1C[C@@H](F)CN1C(=O)C1(C(F)(F)F)CCCCO1)C(=O)N(C)[C@H]1CCCCN(C)C(=O)[C@@H](C)NC(=O)[C@H](Cc2cc(Cl)ccc2Cl)N(C)C(=O)[C@H](CC(C)C)NC1=O. The lowest BCUT2D eigenvalue weighted by atomic mass is 9.91. The van der Waals surface area contributed by atoms with E-state index in [1.165, 1.54) is 30.8 Å². The molecule has 1 unspecified atom stereocenters. The van der Waals surface area contributed by atoms with Crippen LogP contribution in [0.3, 0.4) is 0 Å². The highest BCUT2D eigenvalue weighted by atomic mass is 35.5. The van der Waals surface area contributed by atoms with E-state index in [0.29, 0.717) is 28.3 Å². The fourth-order valence-electron chi connectivity index (χ4n) is 8.48. The van der Waals surface area contributed by atoms with Gasteiger partial charge in [0.25, 0.3) is 5.91 Å². The molecule has 0 aromatic heterocycles. The Morgan fingerprint density at radius 2 is 1.70 bits per heavy atom. The molecule has 64 heavy (non-hydrogen) atoms. The van der Waals surface area contributed by atoms with E-state index in [9.17, 15) is 51.1 Å². The number of rotatable bonds is 10. The van der Waals surface area contributed by atoms with Gasteiger partial charge in [-0.2, -0.15) is 13.2 Å². The number of halogens is 6. The van der Waals surface area contributed by atoms with Gasteiger partial charge in [0, 0.05) is 57.2 Å². The highest BCUT2D eigenvalue weighted by Gasteiger charge is 2.65. The van der Waals surface area contributed by atoms with Gasteiger partial charge < -0.3 is 40.3 Å². The summed E-state index contributed by atoms with van der Waals surface area (Å²) in [6.45, 7) is 5.80. The van der Waals surface area contributed by atoms with E-state index in [1.54, 1.807) is 32.2 Å². The van der Waals surface area contributed by atoms with Crippen molar-refractivity contribution in [2.75, 3.05) is 40.8 Å². The molecule has 3 heterocycles. The maximum Gasteiger partial charge on any atom is 0.426 e. The van der Waals surface area contributed by atoms with Crippen molar-refractivity contribution in [1.82, 2.24) is 35.6 Å². The summed E-state index contributed by atoms with van der Waals surface area (Å²) in [5, 5.41) is 8.64. The van der Waals surface area contributed by atoms with Crippen LogP contribution in [-0.2, 0) is 44.7 Å². The van der Waals surface area contributed by atoms with Gasteiger partial charge in [0.05, 0.1) is 6.54 Å². The Hall–Kier alpha value is -4.23. The largest absolute Gasteiger partial charge is 0.426 e. The van der Waals surface area contributed by atoms with Crippen LogP contribution in [-0.4, -0.2) is 156 Å². The number of hydrogen-bond acceptors (Lipinski definition) is 8. The predicted octanol–water partition coefficient (Wildman–Crippen LogP) is 4.20. The first-order valence-electron chi connectivity index (χ1n) is 21.7. The summed E-state index contributed by atoms with van der Waals surface area (Å²) < 4.78 is 63.2. The molecule has 1 aromatic rings. The van der Waals surface area contributed by atoms with E-state index >= 15 is 0 Å². The van der Waals surface area contributed by atoms with Crippen LogP contribution in [0.25, 0.3) is 0 Å². The molecule has 3 aliphatic heterocycles. The molecule has 0 saturated carbocycles. The predicted molar refractivity (Wildman–Crippen MR) is 230 cm³/mol. The van der Waals surface area contributed by atoms with Crippen molar-refractivity contribution < 1.29 is 55.9 Å². The number of carbonyl (C=O) groups is 7. The molecule has 0 spiro atoms. The molecule has 0 aliphatic carbocycles. The fraction of sp³-hybridized carbons (Fsp3) is 0.698. The third-order valence-corrected chi connectivity index (χ3v) is 12.8. The van der Waals surface area contributed by atoms with E-state index in [4.69, 9.17) is 27.9 Å². The van der Waals surface area contributed by atoms with Gasteiger partial charge >= 0.3 is 6.18 Å². The van der Waals surface area contributed by atoms with Crippen molar-refractivity contribution in [1.29, 1.82) is 0 Å². The first kappa shape index (κ1) is 52.4. The monoisotopic (exact) mass is 949 g/mol. The minimum absolute atomic E-state index is 0.0244. The molecule has 0 bridgehead atoms. The lowest BCUT2D eigenvalue weighted by molar-refractivity contribution is -0.281. The van der Waals surface area contributed by atoms with Crippen LogP contribution in [0.4, 0.5) is 17.6 Å². The molecule has 21 heteroatoms. The van der Waals surface area contributed by atoms with E-state index < -0.39 is 115 Å². The molecule has 3 fully saturated rings. The second kappa shape index (κ2) is 22.3. The number of ether oxygens (including phenoxy) is 1. The Kier molecular flexibility index (Phi) is 18.3. The lowest BCUT2D eigenvalue weighted by Crippen LogP contribution is -2.63. The second-order valence-corrected chi connectivity index (χ2v) is 18.3. The minimum atomic E-state index is -5.14. The number of alkyl halides is 4. The quantitative estimate of drug-likeness (QED) is 0.293. The number of nitrogens with zero attached hydrogens (tertiary/aromatic N) is 4. The van der Waals surface area contributed by atoms with Crippen LogP contribution >= 0.6 is 23.2 Å². The van der Waals surface area contributed by atoms with Crippen molar-refractivity contribution in [3.05, 3.63) is 33.8 Å². The fourth-order valence-corrected chi connectivity index (χ4v) is 8.87. The van der Waals surface area contributed by atoms with Gasteiger partial charge in [-0.15, -0.1) is 0 Å². The molecular formula is C43H61Cl2F4N7O8. The normalized spacial score (nSPS) is 27.6. The Balaban J connectivity index is 1.63. The lowest BCUT2D eigenvalue weighted by Gasteiger charge is -2.40. The number of likely N-dealkylation sites (N-methyl/N-ethyl adjacent to an activating group) is 3. The topological polar surface area (TPSA) is 178 Å². The third kappa shape index (κ3) is 12.4. The highest BCUT2D eigenvalue weighted by Crippen LogP contribution is 2.43. The van der Waals surface area contributed by atoms with Crippen LogP contribution < -0.4 is 16.0 Å². The van der Waals surface area contributed by atoms with E-state index in [-0.39, 0.29) is 62.6 Å². The summed E-state index contributed by atoms with van der Waals surface area (Å²) >= 11 is 12.7. The Bertz CT molecular complexity index is 1890. The average Bonchev–Trinajstić information content (AvgIpc) is 3.64. The van der Waals surface area contributed by atoms with Gasteiger partial charge in [0.1, 0.15) is 42.4 Å². The van der Waals surface area contributed by atoms with Gasteiger partial charge in [0.2, 0.25) is 41.0 Å². The summed E-state index contributed by atoms with van der Waals surface area (Å²) in [5.41, 5.74) is -2.80. The number of nitrogens with one attached hydrogen (secondary N) is 3. The van der Waals surface area contributed by atoms with Crippen LogP contribution in [0.1, 0.15) is 91.0 Å². The summed E-state index contributed by atoms with van der Waals surface area (Å²) in [4.78, 5) is 102. The molecule has 7 amide bonds. The van der Waals surface area contributed by atoms with Gasteiger partial charge in [0.15, 0.2) is 0 Å². The maximum absolute atomic E-state index is 14.9. The number of amides is 7. The molecular weight excluding hydrogens is 889 g/mol.